The number of pyridine rings is 1. The van der Waals surface area contributed by atoms with Crippen LogP contribution in [0.25, 0.3) is 21.8 Å². The Morgan fingerprint density at radius 1 is 0.545 bits per heavy atom. The Labute approximate surface area is 208 Å². The molecule has 0 radical (unpaired) electrons. The molecule has 3 rings (SSSR count). The largest absolute Gasteiger partial charge is 0.371 e. The van der Waals surface area contributed by atoms with Gasteiger partial charge in [0.2, 0.25) is 0 Å². The van der Waals surface area contributed by atoms with Gasteiger partial charge in [0.05, 0.1) is 11.0 Å². The molecule has 3 nitrogen and oxygen atoms in total. The molecule has 0 aliphatic carbocycles. The van der Waals surface area contributed by atoms with Crippen molar-refractivity contribution in [3.63, 3.8) is 0 Å². The van der Waals surface area contributed by atoms with Gasteiger partial charge in [-0.05, 0) is 56.0 Å². The van der Waals surface area contributed by atoms with Gasteiger partial charge in [-0.3, -0.25) is 0 Å². The summed E-state index contributed by atoms with van der Waals surface area (Å²) < 4.78 is 0. The first-order valence-corrected chi connectivity index (χ1v) is 13.0. The van der Waals surface area contributed by atoms with Crippen molar-refractivity contribution in [3.05, 3.63) is 42.5 Å². The maximum absolute atomic E-state index is 5.13. The van der Waals surface area contributed by atoms with Crippen LogP contribution in [-0.2, 0) is 0 Å². The third-order valence-corrected chi connectivity index (χ3v) is 6.44. The molecule has 0 N–H and O–H groups in total. The Hall–Kier alpha value is -2.00. The van der Waals surface area contributed by atoms with E-state index in [0.29, 0.717) is 0 Å². The molecule has 182 valence electrons. The van der Waals surface area contributed by atoms with Gasteiger partial charge in [0, 0.05) is 48.3 Å². The second kappa shape index (κ2) is 14.3. The summed E-state index contributed by atoms with van der Waals surface area (Å²) in [6.07, 6.45) is 9.87. The lowest BCUT2D eigenvalue weighted by Crippen LogP contribution is -2.25. The molecule has 0 bridgehead atoms. The molecule has 4 heteroatoms. The van der Waals surface area contributed by atoms with E-state index in [1.54, 1.807) is 0 Å². The normalized spacial score (nSPS) is 11.0. The molecular weight excluding hydrogens is 426 g/mol. The minimum atomic E-state index is 0. The molecular formula is C29H44ClN3. The Balaban J connectivity index is 0.00000385. The number of rotatable bonds is 14. The van der Waals surface area contributed by atoms with Crippen molar-refractivity contribution in [1.29, 1.82) is 0 Å². The number of halogens is 1. The van der Waals surface area contributed by atoms with Crippen LogP contribution >= 0.6 is 12.4 Å². The first kappa shape index (κ1) is 27.2. The van der Waals surface area contributed by atoms with Gasteiger partial charge in [0.25, 0.3) is 0 Å². The van der Waals surface area contributed by atoms with E-state index >= 15 is 0 Å². The maximum Gasteiger partial charge on any atom is 0.0730 e. The molecule has 0 spiro atoms. The standard InChI is InChI=1S/C29H43N3.ClH/c1-5-9-17-31(18-10-6-2)26-15-13-24-21-25-14-16-27(23-29(25)30-28(24)22-26)32(19-11-7-3)20-12-8-4;/h13-16,21-23H,5-12,17-20H2,1-4H3;1H. The highest BCUT2D eigenvalue weighted by atomic mass is 35.5. The first-order valence-electron chi connectivity index (χ1n) is 13.0. The van der Waals surface area contributed by atoms with Crippen LogP contribution in [0.1, 0.15) is 79.1 Å². The average Bonchev–Trinajstić information content (AvgIpc) is 2.82. The van der Waals surface area contributed by atoms with Crippen molar-refractivity contribution in [2.24, 2.45) is 0 Å². The number of anilines is 2. The highest BCUT2D eigenvalue weighted by Gasteiger charge is 2.10. The van der Waals surface area contributed by atoms with E-state index in [1.165, 1.54) is 73.5 Å². The number of benzene rings is 2. The molecule has 0 aliphatic rings. The fraction of sp³-hybridized carbons (Fsp3) is 0.552. The van der Waals surface area contributed by atoms with Crippen LogP contribution in [0, 0.1) is 0 Å². The fourth-order valence-corrected chi connectivity index (χ4v) is 4.33. The minimum Gasteiger partial charge on any atom is -0.371 e. The Morgan fingerprint density at radius 2 is 0.909 bits per heavy atom. The van der Waals surface area contributed by atoms with E-state index in [2.05, 4.69) is 80.0 Å². The molecule has 0 fully saturated rings. The third kappa shape index (κ3) is 7.50. The number of nitrogens with zero attached hydrogens (tertiary/aromatic N) is 3. The summed E-state index contributed by atoms with van der Waals surface area (Å²) in [5.41, 5.74) is 4.85. The number of unbranched alkanes of at least 4 members (excludes halogenated alkanes) is 4. The zero-order valence-electron chi connectivity index (χ0n) is 21.3. The molecule has 1 heterocycles. The van der Waals surface area contributed by atoms with Gasteiger partial charge in [-0.15, -0.1) is 12.4 Å². The van der Waals surface area contributed by atoms with Crippen LogP contribution in [0.2, 0.25) is 0 Å². The molecule has 3 aromatic rings. The number of hydrogen-bond acceptors (Lipinski definition) is 3. The van der Waals surface area contributed by atoms with E-state index in [4.69, 9.17) is 4.98 Å². The second-order valence-electron chi connectivity index (χ2n) is 9.13. The lowest BCUT2D eigenvalue weighted by atomic mass is 10.1. The topological polar surface area (TPSA) is 19.4 Å². The van der Waals surface area contributed by atoms with Crippen molar-refractivity contribution < 1.29 is 0 Å². The summed E-state index contributed by atoms with van der Waals surface area (Å²) in [7, 11) is 0. The van der Waals surface area contributed by atoms with E-state index in [1.807, 2.05) is 0 Å². The van der Waals surface area contributed by atoms with Gasteiger partial charge < -0.3 is 9.80 Å². The summed E-state index contributed by atoms with van der Waals surface area (Å²) in [5, 5.41) is 2.46. The molecule has 0 amide bonds. The summed E-state index contributed by atoms with van der Waals surface area (Å²) in [4.78, 5) is 10.2. The quantitative estimate of drug-likeness (QED) is 0.220. The van der Waals surface area contributed by atoms with E-state index in [-0.39, 0.29) is 12.4 Å². The first-order chi connectivity index (χ1) is 15.7. The smallest absolute Gasteiger partial charge is 0.0730 e. The second-order valence-corrected chi connectivity index (χ2v) is 9.13. The van der Waals surface area contributed by atoms with Crippen LogP contribution in [0.3, 0.4) is 0 Å². The molecule has 33 heavy (non-hydrogen) atoms. The summed E-state index contributed by atoms with van der Waals surface area (Å²) in [6, 6.07) is 16.0. The summed E-state index contributed by atoms with van der Waals surface area (Å²) >= 11 is 0. The molecule has 2 aromatic carbocycles. The van der Waals surface area contributed by atoms with Gasteiger partial charge in [0.15, 0.2) is 0 Å². The molecule has 0 saturated carbocycles. The lowest BCUT2D eigenvalue weighted by Gasteiger charge is -2.25. The number of aromatic nitrogens is 1. The van der Waals surface area contributed by atoms with E-state index in [0.717, 1.165) is 37.2 Å². The maximum atomic E-state index is 5.13. The summed E-state index contributed by atoms with van der Waals surface area (Å²) in [5.74, 6) is 0. The van der Waals surface area contributed by atoms with Gasteiger partial charge >= 0.3 is 0 Å². The molecule has 0 aliphatic heterocycles. The van der Waals surface area contributed by atoms with E-state index in [9.17, 15) is 0 Å². The highest BCUT2D eigenvalue weighted by Crippen LogP contribution is 2.28. The van der Waals surface area contributed by atoms with Crippen LogP contribution in [-0.4, -0.2) is 31.2 Å². The van der Waals surface area contributed by atoms with E-state index < -0.39 is 0 Å². The predicted molar refractivity (Wildman–Crippen MR) is 151 cm³/mol. The average molecular weight is 470 g/mol. The monoisotopic (exact) mass is 469 g/mol. The fourth-order valence-electron chi connectivity index (χ4n) is 4.33. The van der Waals surface area contributed by atoms with Crippen molar-refractivity contribution in [3.8, 4) is 0 Å². The van der Waals surface area contributed by atoms with Crippen molar-refractivity contribution in [2.45, 2.75) is 79.1 Å². The summed E-state index contributed by atoms with van der Waals surface area (Å²) in [6.45, 7) is 13.6. The molecule has 0 unspecified atom stereocenters. The third-order valence-electron chi connectivity index (χ3n) is 6.44. The Kier molecular flexibility index (Phi) is 11.8. The Bertz CT molecular complexity index is 881. The van der Waals surface area contributed by atoms with Crippen LogP contribution in [0.15, 0.2) is 42.5 Å². The van der Waals surface area contributed by atoms with Crippen molar-refractivity contribution >= 4 is 45.6 Å². The number of hydrogen-bond donors (Lipinski definition) is 0. The van der Waals surface area contributed by atoms with Gasteiger partial charge in [0.1, 0.15) is 0 Å². The van der Waals surface area contributed by atoms with Gasteiger partial charge in [-0.2, -0.15) is 0 Å². The minimum absolute atomic E-state index is 0. The Morgan fingerprint density at radius 3 is 1.24 bits per heavy atom. The zero-order valence-corrected chi connectivity index (χ0v) is 22.1. The van der Waals surface area contributed by atoms with Gasteiger partial charge in [-0.1, -0.05) is 65.5 Å². The van der Waals surface area contributed by atoms with Crippen LogP contribution in [0.4, 0.5) is 11.4 Å². The molecule has 0 atom stereocenters. The number of fused-ring (bicyclic) bond motifs is 2. The zero-order chi connectivity index (χ0) is 22.8. The van der Waals surface area contributed by atoms with Crippen LogP contribution < -0.4 is 9.80 Å². The SMILES string of the molecule is CCCCN(CCCC)c1ccc2cc3ccc(N(CCCC)CCCC)cc3nc2c1.Cl. The molecule has 1 aromatic heterocycles. The van der Waals surface area contributed by atoms with Gasteiger partial charge in [-0.25, -0.2) is 4.98 Å². The van der Waals surface area contributed by atoms with Crippen molar-refractivity contribution in [1.82, 2.24) is 4.98 Å². The van der Waals surface area contributed by atoms with Crippen LogP contribution in [0.5, 0.6) is 0 Å². The van der Waals surface area contributed by atoms with Crippen molar-refractivity contribution in [2.75, 3.05) is 36.0 Å². The predicted octanol–water partition coefficient (Wildman–Crippen LogP) is 8.62. The highest BCUT2D eigenvalue weighted by molar-refractivity contribution is 5.95. The lowest BCUT2D eigenvalue weighted by molar-refractivity contribution is 0.678. The molecule has 0 saturated heterocycles.